The van der Waals surface area contributed by atoms with Crippen molar-refractivity contribution < 1.29 is 14.3 Å². The van der Waals surface area contributed by atoms with E-state index < -0.39 is 0 Å². The molecule has 3 aromatic rings. The Morgan fingerprint density at radius 2 is 1.83 bits per heavy atom. The average molecular weight is 430 g/mol. The quantitative estimate of drug-likeness (QED) is 0.574. The van der Waals surface area contributed by atoms with E-state index in [-0.39, 0.29) is 18.4 Å². The molecule has 0 saturated carbocycles. The number of halogens is 1. The number of nitrogens with one attached hydrogen (secondary N) is 2. The van der Waals surface area contributed by atoms with Gasteiger partial charge < -0.3 is 10.1 Å². The molecule has 150 valence electrons. The topological polar surface area (TPSA) is 80.3 Å². The van der Waals surface area contributed by atoms with E-state index in [1.54, 1.807) is 18.2 Å². The molecule has 1 heterocycles. The van der Waals surface area contributed by atoms with Crippen molar-refractivity contribution in [1.29, 1.82) is 0 Å². The average Bonchev–Trinajstić information content (AvgIpc) is 3.04. The summed E-state index contributed by atoms with van der Waals surface area (Å²) in [4.78, 5) is 28.3. The molecule has 0 aliphatic heterocycles. The molecule has 0 aliphatic rings. The van der Waals surface area contributed by atoms with Gasteiger partial charge in [-0.3, -0.25) is 14.9 Å². The third-order valence-electron chi connectivity index (χ3n) is 3.99. The van der Waals surface area contributed by atoms with Crippen LogP contribution in [0.1, 0.15) is 18.1 Å². The summed E-state index contributed by atoms with van der Waals surface area (Å²) in [6.45, 7) is 5.11. The Morgan fingerprint density at radius 3 is 2.48 bits per heavy atom. The van der Waals surface area contributed by atoms with E-state index in [9.17, 15) is 9.59 Å². The third kappa shape index (κ3) is 5.56. The molecule has 29 heavy (non-hydrogen) atoms. The fourth-order valence-electron chi connectivity index (χ4n) is 2.54. The predicted octanol–water partition coefficient (Wildman–Crippen LogP) is 5.06. The monoisotopic (exact) mass is 429 g/mol. The number of hydrogen-bond donors (Lipinski definition) is 2. The van der Waals surface area contributed by atoms with Crippen LogP contribution in [0.2, 0.25) is 5.02 Å². The zero-order chi connectivity index (χ0) is 21.0. The first-order valence-electron chi connectivity index (χ1n) is 8.86. The Labute approximate surface area is 177 Å². The minimum absolute atomic E-state index is 0.171. The molecule has 2 aromatic carbocycles. The summed E-state index contributed by atoms with van der Waals surface area (Å²) >= 11 is 7.18. The molecule has 8 heteroatoms. The highest BCUT2D eigenvalue weighted by Crippen LogP contribution is 2.36. The second-order valence-corrected chi connectivity index (χ2v) is 7.90. The zero-order valence-electron chi connectivity index (χ0n) is 16.2. The minimum Gasteiger partial charge on any atom is -0.484 e. The lowest BCUT2D eigenvalue weighted by Crippen LogP contribution is -2.20. The summed E-state index contributed by atoms with van der Waals surface area (Å²) in [5.41, 5.74) is 3.44. The molecule has 0 spiro atoms. The maximum absolute atomic E-state index is 12.3. The van der Waals surface area contributed by atoms with Crippen molar-refractivity contribution in [2.45, 2.75) is 20.8 Å². The van der Waals surface area contributed by atoms with Crippen LogP contribution in [-0.2, 0) is 9.59 Å². The fraction of sp³-hybridized carbons (Fsp3) is 0.190. The van der Waals surface area contributed by atoms with Crippen molar-refractivity contribution >= 4 is 44.9 Å². The molecule has 2 amide bonds. The van der Waals surface area contributed by atoms with E-state index in [4.69, 9.17) is 16.3 Å². The minimum atomic E-state index is -0.351. The van der Waals surface area contributed by atoms with Gasteiger partial charge in [-0.2, -0.15) is 0 Å². The molecule has 3 rings (SSSR count). The first-order chi connectivity index (χ1) is 13.8. The van der Waals surface area contributed by atoms with Gasteiger partial charge in [0.05, 0.1) is 0 Å². The lowest BCUT2D eigenvalue weighted by Gasteiger charge is -2.07. The zero-order valence-corrected chi connectivity index (χ0v) is 17.8. The summed E-state index contributed by atoms with van der Waals surface area (Å²) < 4.78 is 5.51. The standard InChI is InChI=1S/C21H20ClN3O3S/c1-12-4-6-15(7-5-12)19-20(23-14(3)26)29-21(25-19)24-18(27)11-28-16-8-9-17(22)13(2)10-16/h4-10H,11H2,1-3H3,(H,23,26)(H,24,25,27). The first-order valence-corrected chi connectivity index (χ1v) is 10.1. The molecule has 0 aliphatic carbocycles. The van der Waals surface area contributed by atoms with Crippen LogP contribution in [0.15, 0.2) is 42.5 Å². The number of aromatic nitrogens is 1. The molecule has 0 saturated heterocycles. The summed E-state index contributed by atoms with van der Waals surface area (Å²) in [6, 6.07) is 13.0. The Bertz CT molecular complexity index is 1050. The van der Waals surface area contributed by atoms with Crippen LogP contribution in [0.3, 0.4) is 0 Å². The molecular formula is C21H20ClN3O3S. The maximum Gasteiger partial charge on any atom is 0.264 e. The summed E-state index contributed by atoms with van der Waals surface area (Å²) in [5, 5.41) is 7.08. The highest BCUT2D eigenvalue weighted by molar-refractivity contribution is 7.20. The van der Waals surface area contributed by atoms with Crippen LogP contribution in [0, 0.1) is 13.8 Å². The van der Waals surface area contributed by atoms with Gasteiger partial charge in [0.1, 0.15) is 16.4 Å². The molecule has 0 radical (unpaired) electrons. The van der Waals surface area contributed by atoms with Gasteiger partial charge in [0.2, 0.25) is 5.91 Å². The van der Waals surface area contributed by atoms with Crippen molar-refractivity contribution in [3.05, 3.63) is 58.6 Å². The number of aryl methyl sites for hydroxylation is 2. The predicted molar refractivity (Wildman–Crippen MR) is 117 cm³/mol. The normalized spacial score (nSPS) is 10.5. The largest absolute Gasteiger partial charge is 0.484 e. The van der Waals surface area contributed by atoms with Crippen molar-refractivity contribution in [3.63, 3.8) is 0 Å². The number of carbonyl (C=O) groups is 2. The first kappa shape index (κ1) is 20.8. The highest BCUT2D eigenvalue weighted by Gasteiger charge is 2.16. The van der Waals surface area contributed by atoms with Gasteiger partial charge in [0.25, 0.3) is 5.91 Å². The van der Waals surface area contributed by atoms with Gasteiger partial charge in [-0.25, -0.2) is 4.98 Å². The number of hydrogen-bond acceptors (Lipinski definition) is 5. The summed E-state index contributed by atoms with van der Waals surface area (Å²) in [5.74, 6) is -0.00187. The molecule has 6 nitrogen and oxygen atoms in total. The van der Waals surface area contributed by atoms with E-state index in [2.05, 4.69) is 15.6 Å². The number of amides is 2. The lowest BCUT2D eigenvalue weighted by atomic mass is 10.1. The molecule has 0 fully saturated rings. The van der Waals surface area contributed by atoms with Gasteiger partial charge in [0, 0.05) is 17.5 Å². The number of benzene rings is 2. The van der Waals surface area contributed by atoms with Crippen LogP contribution in [-0.4, -0.2) is 23.4 Å². The Morgan fingerprint density at radius 1 is 1.10 bits per heavy atom. The second kappa shape index (κ2) is 9.07. The van der Waals surface area contributed by atoms with Gasteiger partial charge in [0.15, 0.2) is 11.7 Å². The van der Waals surface area contributed by atoms with Gasteiger partial charge in [-0.15, -0.1) is 0 Å². The Hall–Kier alpha value is -2.90. The smallest absolute Gasteiger partial charge is 0.264 e. The number of nitrogens with zero attached hydrogens (tertiary/aromatic N) is 1. The maximum atomic E-state index is 12.3. The van der Waals surface area contributed by atoms with E-state index in [1.807, 2.05) is 38.1 Å². The van der Waals surface area contributed by atoms with Crippen molar-refractivity contribution in [3.8, 4) is 17.0 Å². The van der Waals surface area contributed by atoms with Crippen LogP contribution >= 0.6 is 22.9 Å². The van der Waals surface area contributed by atoms with Gasteiger partial charge >= 0.3 is 0 Å². The van der Waals surface area contributed by atoms with Crippen LogP contribution < -0.4 is 15.4 Å². The molecule has 0 bridgehead atoms. The van der Waals surface area contributed by atoms with E-state index in [0.29, 0.717) is 26.6 Å². The lowest BCUT2D eigenvalue weighted by molar-refractivity contribution is -0.118. The van der Waals surface area contributed by atoms with E-state index in [1.165, 1.54) is 18.3 Å². The number of rotatable bonds is 6. The molecular weight excluding hydrogens is 410 g/mol. The van der Waals surface area contributed by atoms with Crippen molar-refractivity contribution in [1.82, 2.24) is 4.98 Å². The fourth-order valence-corrected chi connectivity index (χ4v) is 3.60. The number of carbonyl (C=O) groups excluding carboxylic acids is 2. The van der Waals surface area contributed by atoms with Crippen molar-refractivity contribution in [2.75, 3.05) is 17.2 Å². The number of ether oxygens (including phenoxy) is 1. The summed E-state index contributed by atoms with van der Waals surface area (Å²) in [7, 11) is 0. The van der Waals surface area contributed by atoms with E-state index in [0.717, 1.165) is 16.7 Å². The third-order valence-corrected chi connectivity index (χ3v) is 5.30. The van der Waals surface area contributed by atoms with Crippen LogP contribution in [0.25, 0.3) is 11.3 Å². The highest BCUT2D eigenvalue weighted by atomic mass is 35.5. The summed E-state index contributed by atoms with van der Waals surface area (Å²) in [6.07, 6.45) is 0. The van der Waals surface area contributed by atoms with Gasteiger partial charge in [-0.05, 0) is 37.6 Å². The second-order valence-electron chi connectivity index (χ2n) is 6.49. The van der Waals surface area contributed by atoms with E-state index >= 15 is 0 Å². The Balaban J connectivity index is 1.72. The Kier molecular flexibility index (Phi) is 6.51. The van der Waals surface area contributed by atoms with Gasteiger partial charge in [-0.1, -0.05) is 52.8 Å². The van der Waals surface area contributed by atoms with Crippen LogP contribution in [0.5, 0.6) is 5.75 Å². The van der Waals surface area contributed by atoms with Crippen LogP contribution in [0.4, 0.5) is 10.1 Å². The number of thiazole rings is 1. The SMILES string of the molecule is CC(=O)Nc1sc(NC(=O)COc2ccc(Cl)c(C)c2)nc1-c1ccc(C)cc1. The molecule has 0 unspecified atom stereocenters. The molecule has 0 atom stereocenters. The number of anilines is 2. The molecule has 1 aromatic heterocycles. The molecule has 2 N–H and O–H groups in total. The van der Waals surface area contributed by atoms with Crippen molar-refractivity contribution in [2.24, 2.45) is 0 Å².